The van der Waals surface area contributed by atoms with Gasteiger partial charge in [0.15, 0.2) is 0 Å². The predicted octanol–water partition coefficient (Wildman–Crippen LogP) is 3.62. The summed E-state index contributed by atoms with van der Waals surface area (Å²) in [5.41, 5.74) is -0.0656. The highest BCUT2D eigenvalue weighted by atomic mass is 19.4. The highest BCUT2D eigenvalue weighted by Gasteiger charge is 2.59. The van der Waals surface area contributed by atoms with Crippen LogP contribution in [-0.2, 0) is 9.53 Å². The molecule has 1 amide bonds. The number of ether oxygens (including phenoxy) is 2. The van der Waals surface area contributed by atoms with E-state index in [1.807, 2.05) is 0 Å². The lowest BCUT2D eigenvalue weighted by atomic mass is 10.1. The lowest BCUT2D eigenvalue weighted by Gasteiger charge is -2.23. The van der Waals surface area contributed by atoms with Crippen LogP contribution in [0.1, 0.15) is 12.0 Å². The van der Waals surface area contributed by atoms with Crippen LogP contribution in [0.4, 0.5) is 26.3 Å². The molecule has 0 spiro atoms. The van der Waals surface area contributed by atoms with Crippen molar-refractivity contribution < 1.29 is 40.6 Å². The first-order valence-corrected chi connectivity index (χ1v) is 7.78. The van der Waals surface area contributed by atoms with Gasteiger partial charge < -0.3 is 14.8 Å². The molecular formula is C17H16F6N2O3. The van der Waals surface area contributed by atoms with Crippen LogP contribution >= 0.6 is 0 Å². The standard InChI is InChI=1S/C17H16F6N2O3/c1-27-8-2-7-25-14(26)12(10-24)9-11-3-5-13(6-4-11)28-17(22,23)15(18)16(19,20)21/h3-6,9,15H,2,7-8H2,1H3,(H,25,26). The quantitative estimate of drug-likeness (QED) is 0.292. The van der Waals surface area contributed by atoms with Crippen LogP contribution in [0.3, 0.4) is 0 Å². The van der Waals surface area contributed by atoms with Gasteiger partial charge in [-0.3, -0.25) is 4.79 Å². The predicted molar refractivity (Wildman–Crippen MR) is 86.1 cm³/mol. The Kier molecular flexibility index (Phi) is 8.31. The zero-order valence-corrected chi connectivity index (χ0v) is 14.5. The molecule has 5 nitrogen and oxygen atoms in total. The Labute approximate surface area is 156 Å². The maximum Gasteiger partial charge on any atom is 0.439 e. The second kappa shape index (κ2) is 9.98. The molecule has 0 saturated heterocycles. The Morgan fingerprint density at radius 2 is 1.86 bits per heavy atom. The number of halogens is 6. The summed E-state index contributed by atoms with van der Waals surface area (Å²) in [5, 5.41) is 11.5. The largest absolute Gasteiger partial charge is 0.439 e. The first kappa shape index (κ1) is 23.3. The number of hydrogen-bond donors (Lipinski definition) is 1. The molecule has 1 aromatic rings. The molecule has 1 rings (SSSR count). The van der Waals surface area contributed by atoms with Gasteiger partial charge in [-0.15, -0.1) is 0 Å². The smallest absolute Gasteiger partial charge is 0.430 e. The van der Waals surface area contributed by atoms with Crippen molar-refractivity contribution in [3.05, 3.63) is 35.4 Å². The number of hydrogen-bond acceptors (Lipinski definition) is 4. The van der Waals surface area contributed by atoms with Crippen molar-refractivity contribution in [3.8, 4) is 11.8 Å². The van der Waals surface area contributed by atoms with E-state index < -0.39 is 30.1 Å². The Morgan fingerprint density at radius 1 is 1.25 bits per heavy atom. The van der Waals surface area contributed by atoms with E-state index in [0.29, 0.717) is 13.0 Å². The average molecular weight is 410 g/mol. The molecule has 28 heavy (non-hydrogen) atoms. The zero-order valence-electron chi connectivity index (χ0n) is 14.5. The molecule has 0 saturated carbocycles. The number of carbonyl (C=O) groups is 1. The molecule has 1 atom stereocenters. The Hall–Kier alpha value is -2.74. The van der Waals surface area contributed by atoms with E-state index >= 15 is 0 Å². The van der Waals surface area contributed by atoms with Crippen molar-refractivity contribution in [2.24, 2.45) is 0 Å². The molecule has 1 unspecified atom stereocenters. The number of rotatable bonds is 9. The van der Waals surface area contributed by atoms with Gasteiger partial charge in [0.1, 0.15) is 17.4 Å². The molecule has 0 radical (unpaired) electrons. The zero-order chi connectivity index (χ0) is 21.4. The molecule has 0 aliphatic heterocycles. The van der Waals surface area contributed by atoms with Gasteiger partial charge in [-0.2, -0.15) is 27.2 Å². The molecule has 0 aliphatic carbocycles. The van der Waals surface area contributed by atoms with Gasteiger partial charge in [0.25, 0.3) is 12.1 Å². The van der Waals surface area contributed by atoms with Crippen LogP contribution in [0.15, 0.2) is 29.8 Å². The highest BCUT2D eigenvalue weighted by molar-refractivity contribution is 6.01. The molecule has 0 bridgehead atoms. The van der Waals surface area contributed by atoms with Crippen molar-refractivity contribution in [1.29, 1.82) is 5.26 Å². The third-order valence-electron chi connectivity index (χ3n) is 3.20. The minimum absolute atomic E-state index is 0.215. The van der Waals surface area contributed by atoms with Gasteiger partial charge in [0.05, 0.1) is 0 Å². The maximum atomic E-state index is 13.2. The van der Waals surface area contributed by atoms with Gasteiger partial charge >= 0.3 is 12.3 Å². The minimum atomic E-state index is -5.79. The number of methoxy groups -OCH3 is 1. The molecule has 154 valence electrons. The lowest BCUT2D eigenvalue weighted by Crippen LogP contribution is -2.45. The summed E-state index contributed by atoms with van der Waals surface area (Å²) < 4.78 is 84.1. The van der Waals surface area contributed by atoms with Gasteiger partial charge in [0, 0.05) is 20.3 Å². The topological polar surface area (TPSA) is 71.3 Å². The van der Waals surface area contributed by atoms with Crippen LogP contribution < -0.4 is 10.1 Å². The fourth-order valence-corrected chi connectivity index (χ4v) is 1.86. The summed E-state index contributed by atoms with van der Waals surface area (Å²) in [7, 11) is 1.49. The number of nitriles is 1. The SMILES string of the molecule is COCCCNC(=O)C(C#N)=Cc1ccc(OC(F)(F)C(F)C(F)(F)F)cc1. The van der Waals surface area contributed by atoms with Gasteiger partial charge in [0.2, 0.25) is 0 Å². The second-order valence-electron chi connectivity index (χ2n) is 5.41. The van der Waals surface area contributed by atoms with E-state index in [0.717, 1.165) is 30.3 Å². The maximum absolute atomic E-state index is 13.2. The summed E-state index contributed by atoms with van der Waals surface area (Å²) in [6.45, 7) is 0.670. The van der Waals surface area contributed by atoms with E-state index in [2.05, 4.69) is 10.1 Å². The third kappa shape index (κ3) is 7.11. The first-order chi connectivity index (χ1) is 13.0. The molecule has 0 aliphatic rings. The summed E-state index contributed by atoms with van der Waals surface area (Å²) >= 11 is 0. The van der Waals surface area contributed by atoms with Gasteiger partial charge in [-0.25, -0.2) is 4.39 Å². The monoisotopic (exact) mass is 410 g/mol. The Bertz CT molecular complexity index is 726. The van der Waals surface area contributed by atoms with Crippen molar-refractivity contribution in [1.82, 2.24) is 5.32 Å². The van der Waals surface area contributed by atoms with Crippen molar-refractivity contribution in [3.63, 3.8) is 0 Å². The Morgan fingerprint density at radius 3 is 2.36 bits per heavy atom. The van der Waals surface area contributed by atoms with Crippen LogP contribution in [-0.4, -0.2) is 44.6 Å². The normalized spacial score (nSPS) is 13.6. The van der Waals surface area contributed by atoms with Gasteiger partial charge in [-0.05, 0) is 30.2 Å². The molecular weight excluding hydrogens is 394 g/mol. The van der Waals surface area contributed by atoms with Crippen LogP contribution in [0.5, 0.6) is 5.75 Å². The number of alkyl halides is 6. The summed E-state index contributed by atoms with van der Waals surface area (Å²) in [6.07, 6.45) is -13.7. The average Bonchev–Trinajstić information content (AvgIpc) is 2.62. The van der Waals surface area contributed by atoms with E-state index in [-0.39, 0.29) is 17.7 Å². The van der Waals surface area contributed by atoms with Gasteiger partial charge in [-0.1, -0.05) is 12.1 Å². The van der Waals surface area contributed by atoms with E-state index in [1.165, 1.54) is 7.11 Å². The van der Waals surface area contributed by atoms with E-state index in [9.17, 15) is 31.1 Å². The number of carbonyl (C=O) groups excluding carboxylic acids is 1. The molecule has 0 fully saturated rings. The highest BCUT2D eigenvalue weighted by Crippen LogP contribution is 2.36. The first-order valence-electron chi connectivity index (χ1n) is 7.78. The molecule has 0 aromatic heterocycles. The van der Waals surface area contributed by atoms with Crippen molar-refractivity contribution in [2.45, 2.75) is 24.9 Å². The Balaban J connectivity index is 2.81. The van der Waals surface area contributed by atoms with Crippen molar-refractivity contribution >= 4 is 12.0 Å². The number of benzene rings is 1. The van der Waals surface area contributed by atoms with Crippen LogP contribution in [0.25, 0.3) is 6.08 Å². The van der Waals surface area contributed by atoms with E-state index in [4.69, 9.17) is 10.00 Å². The summed E-state index contributed by atoms with van der Waals surface area (Å²) in [4.78, 5) is 11.9. The minimum Gasteiger partial charge on any atom is -0.430 e. The van der Waals surface area contributed by atoms with E-state index in [1.54, 1.807) is 6.07 Å². The fraction of sp³-hybridized carbons (Fsp3) is 0.412. The summed E-state index contributed by atoms with van der Waals surface area (Å²) in [6, 6.07) is 5.60. The number of amides is 1. The second-order valence-corrected chi connectivity index (χ2v) is 5.41. The molecule has 1 N–H and O–H groups in total. The fourth-order valence-electron chi connectivity index (χ4n) is 1.86. The molecule has 1 aromatic carbocycles. The molecule has 0 heterocycles. The summed E-state index contributed by atoms with van der Waals surface area (Å²) in [5.74, 6) is -1.40. The van der Waals surface area contributed by atoms with Crippen molar-refractivity contribution in [2.75, 3.05) is 20.3 Å². The number of nitrogens with zero attached hydrogens (tertiary/aromatic N) is 1. The number of nitrogens with one attached hydrogen (secondary N) is 1. The lowest BCUT2D eigenvalue weighted by molar-refractivity contribution is -0.304. The van der Waals surface area contributed by atoms with Crippen LogP contribution in [0, 0.1) is 11.3 Å². The molecule has 11 heteroatoms. The third-order valence-corrected chi connectivity index (χ3v) is 3.20. The van der Waals surface area contributed by atoms with Crippen LogP contribution in [0.2, 0.25) is 0 Å².